The van der Waals surface area contributed by atoms with Crippen molar-refractivity contribution in [3.8, 4) is 0 Å². The molecule has 0 N–H and O–H groups in total. The van der Waals surface area contributed by atoms with E-state index in [9.17, 15) is 8.42 Å². The highest BCUT2D eigenvalue weighted by Gasteiger charge is 2.21. The van der Waals surface area contributed by atoms with Gasteiger partial charge < -0.3 is 4.57 Å². The van der Waals surface area contributed by atoms with Gasteiger partial charge in [-0.15, -0.1) is 11.6 Å². The average molecular weight is 333 g/mol. The normalized spacial score (nSPS) is 14.0. The van der Waals surface area contributed by atoms with Crippen LogP contribution in [0.1, 0.15) is 37.7 Å². The van der Waals surface area contributed by atoms with Gasteiger partial charge in [0.25, 0.3) is 0 Å². The van der Waals surface area contributed by atoms with E-state index >= 15 is 0 Å². The monoisotopic (exact) mass is 332 g/mol. The highest BCUT2D eigenvalue weighted by Crippen LogP contribution is 2.26. The molecule has 0 fully saturated rings. The van der Waals surface area contributed by atoms with Crippen LogP contribution in [0, 0.1) is 6.92 Å². The van der Waals surface area contributed by atoms with Crippen LogP contribution in [0.25, 0.3) is 11.2 Å². The molecule has 2 aromatic rings. The zero-order chi connectivity index (χ0) is 15.8. The van der Waals surface area contributed by atoms with E-state index in [1.54, 1.807) is 6.92 Å². The Morgan fingerprint density at radius 1 is 1.33 bits per heavy atom. The number of aromatic nitrogens is 4. The third-order valence-electron chi connectivity index (χ3n) is 3.55. The molecular weight excluding hydrogens is 312 g/mol. The van der Waals surface area contributed by atoms with Crippen LogP contribution in [0.15, 0.2) is 0 Å². The first-order valence-electron chi connectivity index (χ1n) is 7.08. The molecular formula is C13H21ClN4O2S. The van der Waals surface area contributed by atoms with E-state index in [1.165, 1.54) is 0 Å². The van der Waals surface area contributed by atoms with Crippen LogP contribution < -0.4 is 0 Å². The Hall–Kier alpha value is -1.08. The number of sulfone groups is 1. The summed E-state index contributed by atoms with van der Waals surface area (Å²) in [5.41, 5.74) is 2.49. The lowest BCUT2D eigenvalue weighted by molar-refractivity contribution is 0.584. The van der Waals surface area contributed by atoms with Crippen molar-refractivity contribution in [2.24, 2.45) is 0 Å². The molecule has 0 amide bonds. The predicted molar refractivity (Wildman–Crippen MR) is 84.5 cm³/mol. The molecule has 0 aromatic carbocycles. The maximum Gasteiger partial charge on any atom is 0.158 e. The number of fused-ring (bicyclic) bond motifs is 1. The fourth-order valence-electron chi connectivity index (χ4n) is 2.36. The molecule has 0 aliphatic heterocycles. The third-order valence-corrected chi connectivity index (χ3v) is 5.43. The van der Waals surface area contributed by atoms with E-state index in [2.05, 4.69) is 10.1 Å². The van der Waals surface area contributed by atoms with Gasteiger partial charge in [0.2, 0.25) is 0 Å². The van der Waals surface area contributed by atoms with Crippen molar-refractivity contribution in [2.75, 3.05) is 11.5 Å². The molecule has 0 saturated heterocycles. The molecule has 8 heteroatoms. The van der Waals surface area contributed by atoms with Crippen LogP contribution in [0.3, 0.4) is 0 Å². The number of hydrogen-bond acceptors (Lipinski definition) is 4. The molecule has 1 atom stereocenters. The van der Waals surface area contributed by atoms with Gasteiger partial charge in [0, 0.05) is 18.8 Å². The molecule has 2 rings (SSSR count). The lowest BCUT2D eigenvalue weighted by Gasteiger charge is -2.11. The van der Waals surface area contributed by atoms with E-state index in [-0.39, 0.29) is 16.9 Å². The molecule has 2 heterocycles. The largest absolute Gasteiger partial charge is 0.311 e. The molecule has 6 nitrogen and oxygen atoms in total. The first kappa shape index (κ1) is 16.3. The fraction of sp³-hybridized carbons (Fsp3) is 0.692. The Balaban J connectivity index is 2.55. The number of aryl methyl sites for hydroxylation is 3. The second-order valence-corrected chi connectivity index (χ2v) is 8.17. The smallest absolute Gasteiger partial charge is 0.158 e. The number of halogens is 1. The van der Waals surface area contributed by atoms with Gasteiger partial charge >= 0.3 is 0 Å². The van der Waals surface area contributed by atoms with Crippen LogP contribution in [0.5, 0.6) is 0 Å². The number of rotatable bonds is 6. The van der Waals surface area contributed by atoms with Crippen LogP contribution in [-0.4, -0.2) is 39.3 Å². The highest BCUT2D eigenvalue weighted by molar-refractivity contribution is 7.91. The Kier molecular flexibility index (Phi) is 4.63. The Bertz CT molecular complexity index is 746. The van der Waals surface area contributed by atoms with Crippen molar-refractivity contribution < 1.29 is 8.42 Å². The summed E-state index contributed by atoms with van der Waals surface area (Å²) >= 11 is 6.21. The lowest BCUT2D eigenvalue weighted by Crippen LogP contribution is -2.17. The SMILES string of the molecule is CCn1nc(C)c2nc(C(C)Cl)n(CCS(=O)(=O)CC)c21. The Morgan fingerprint density at radius 3 is 2.52 bits per heavy atom. The molecule has 0 saturated carbocycles. The predicted octanol–water partition coefficient (Wildman–Crippen LogP) is 2.30. The molecule has 1 unspecified atom stereocenters. The van der Waals surface area contributed by atoms with E-state index in [4.69, 9.17) is 11.6 Å². The second-order valence-electron chi connectivity index (χ2n) is 5.05. The number of nitrogens with zero attached hydrogens (tertiary/aromatic N) is 4. The van der Waals surface area contributed by atoms with Gasteiger partial charge in [0.1, 0.15) is 11.3 Å². The Morgan fingerprint density at radius 2 is 2.00 bits per heavy atom. The molecule has 0 spiro atoms. The minimum absolute atomic E-state index is 0.0828. The quantitative estimate of drug-likeness (QED) is 0.761. The maximum absolute atomic E-state index is 11.8. The molecule has 0 aliphatic carbocycles. The lowest BCUT2D eigenvalue weighted by atomic mass is 10.4. The summed E-state index contributed by atoms with van der Waals surface area (Å²) < 4.78 is 27.3. The highest BCUT2D eigenvalue weighted by atomic mass is 35.5. The van der Waals surface area contributed by atoms with Crippen molar-refractivity contribution in [3.63, 3.8) is 0 Å². The summed E-state index contributed by atoms with van der Waals surface area (Å²) in [6, 6.07) is 0. The molecule has 118 valence electrons. The van der Waals surface area contributed by atoms with Crippen LogP contribution >= 0.6 is 11.6 Å². The van der Waals surface area contributed by atoms with Crippen molar-refractivity contribution in [1.29, 1.82) is 0 Å². The van der Waals surface area contributed by atoms with Crippen LogP contribution in [0.4, 0.5) is 0 Å². The fourth-order valence-corrected chi connectivity index (χ4v) is 3.28. The summed E-state index contributed by atoms with van der Waals surface area (Å²) in [7, 11) is -3.04. The first-order valence-corrected chi connectivity index (χ1v) is 9.34. The minimum Gasteiger partial charge on any atom is -0.311 e. The van der Waals surface area contributed by atoms with Gasteiger partial charge in [-0.3, -0.25) is 0 Å². The summed E-state index contributed by atoms with van der Waals surface area (Å²) in [6.07, 6.45) is 0. The van der Waals surface area contributed by atoms with Gasteiger partial charge in [0.15, 0.2) is 15.5 Å². The molecule has 2 aromatic heterocycles. The average Bonchev–Trinajstić information content (AvgIpc) is 2.95. The van der Waals surface area contributed by atoms with Gasteiger partial charge in [-0.1, -0.05) is 6.92 Å². The van der Waals surface area contributed by atoms with Gasteiger partial charge in [-0.25, -0.2) is 18.1 Å². The molecule has 0 bridgehead atoms. The zero-order valence-electron chi connectivity index (χ0n) is 12.8. The van der Waals surface area contributed by atoms with Crippen molar-refractivity contribution >= 4 is 32.6 Å². The Labute approximate surface area is 130 Å². The third kappa shape index (κ3) is 3.08. The van der Waals surface area contributed by atoms with Gasteiger partial charge in [-0.2, -0.15) is 5.10 Å². The summed E-state index contributed by atoms with van der Waals surface area (Å²) in [5, 5.41) is 4.15. The van der Waals surface area contributed by atoms with Crippen molar-refractivity contribution in [2.45, 2.75) is 46.2 Å². The van der Waals surface area contributed by atoms with E-state index < -0.39 is 9.84 Å². The van der Waals surface area contributed by atoms with E-state index in [0.29, 0.717) is 18.9 Å². The van der Waals surface area contributed by atoms with E-state index in [1.807, 2.05) is 30.0 Å². The number of imidazole rings is 1. The standard InChI is InChI=1S/C13H21ClN4O2S/c1-5-18-13-11(10(4)16-18)15-12(9(3)14)17(13)7-8-21(19,20)6-2/h9H,5-8H2,1-4H3. The molecule has 0 radical (unpaired) electrons. The first-order chi connectivity index (χ1) is 9.80. The maximum atomic E-state index is 11.8. The van der Waals surface area contributed by atoms with Crippen LogP contribution in [-0.2, 0) is 22.9 Å². The zero-order valence-corrected chi connectivity index (χ0v) is 14.4. The van der Waals surface area contributed by atoms with Gasteiger partial charge in [-0.05, 0) is 20.8 Å². The van der Waals surface area contributed by atoms with Crippen molar-refractivity contribution in [1.82, 2.24) is 19.3 Å². The molecule has 21 heavy (non-hydrogen) atoms. The van der Waals surface area contributed by atoms with E-state index in [0.717, 1.165) is 16.9 Å². The summed E-state index contributed by atoms with van der Waals surface area (Å²) in [5.74, 6) is 0.919. The minimum atomic E-state index is -3.04. The van der Waals surface area contributed by atoms with Gasteiger partial charge in [0.05, 0.1) is 16.8 Å². The molecule has 0 aliphatic rings. The number of alkyl halides is 1. The van der Waals surface area contributed by atoms with Crippen LogP contribution in [0.2, 0.25) is 0 Å². The summed E-state index contributed by atoms with van der Waals surface area (Å²) in [6.45, 7) is 8.45. The topological polar surface area (TPSA) is 69.8 Å². The number of hydrogen-bond donors (Lipinski definition) is 0. The summed E-state index contributed by atoms with van der Waals surface area (Å²) in [4.78, 5) is 4.56. The van der Waals surface area contributed by atoms with Crippen molar-refractivity contribution in [3.05, 3.63) is 11.5 Å². The second kappa shape index (κ2) is 5.96.